The van der Waals surface area contributed by atoms with Crippen LogP contribution in [-0.2, 0) is 11.3 Å². The lowest BCUT2D eigenvalue weighted by atomic mass is 10.2. The van der Waals surface area contributed by atoms with Crippen molar-refractivity contribution in [3.63, 3.8) is 0 Å². The van der Waals surface area contributed by atoms with Crippen LogP contribution >= 0.6 is 0 Å². The van der Waals surface area contributed by atoms with E-state index in [1.54, 1.807) is 36.4 Å². The number of benzene rings is 2. The summed E-state index contributed by atoms with van der Waals surface area (Å²) in [5.74, 6) is 0.441. The number of ether oxygens (including phenoxy) is 1. The molecular weight excluding hydrogens is 373 g/mol. The lowest BCUT2D eigenvalue weighted by Gasteiger charge is -2.09. The van der Waals surface area contributed by atoms with E-state index in [9.17, 15) is 14.0 Å². The Morgan fingerprint density at radius 2 is 1.48 bits per heavy atom. The SMILES string of the molecule is O=C(CCNC(=O)c1ccncc1)NCc1ccc(Oc2ccc(F)cc2)cc1. The largest absolute Gasteiger partial charge is 0.457 e. The second-order valence-corrected chi connectivity index (χ2v) is 6.22. The summed E-state index contributed by atoms with van der Waals surface area (Å²) in [6, 6.07) is 16.2. The van der Waals surface area contributed by atoms with Crippen molar-refractivity contribution < 1.29 is 18.7 Å². The quantitative estimate of drug-likeness (QED) is 0.614. The van der Waals surface area contributed by atoms with Crippen molar-refractivity contribution in [1.82, 2.24) is 15.6 Å². The molecule has 0 aliphatic heterocycles. The molecule has 3 rings (SSSR count). The summed E-state index contributed by atoms with van der Waals surface area (Å²) < 4.78 is 18.5. The van der Waals surface area contributed by atoms with Gasteiger partial charge in [0.05, 0.1) is 0 Å². The molecule has 1 heterocycles. The number of carbonyl (C=O) groups excluding carboxylic acids is 2. The van der Waals surface area contributed by atoms with Crippen molar-refractivity contribution in [2.45, 2.75) is 13.0 Å². The van der Waals surface area contributed by atoms with Gasteiger partial charge in [0.1, 0.15) is 17.3 Å². The number of nitrogens with one attached hydrogen (secondary N) is 2. The second kappa shape index (κ2) is 9.98. The van der Waals surface area contributed by atoms with Crippen LogP contribution in [0.2, 0.25) is 0 Å². The van der Waals surface area contributed by atoms with Crippen LogP contribution in [0.4, 0.5) is 4.39 Å². The highest BCUT2D eigenvalue weighted by molar-refractivity contribution is 5.94. The van der Waals surface area contributed by atoms with E-state index in [1.807, 2.05) is 12.1 Å². The van der Waals surface area contributed by atoms with Gasteiger partial charge in [-0.05, 0) is 54.1 Å². The zero-order chi connectivity index (χ0) is 20.5. The van der Waals surface area contributed by atoms with Gasteiger partial charge in [0.25, 0.3) is 5.91 Å². The zero-order valence-corrected chi connectivity index (χ0v) is 15.6. The Balaban J connectivity index is 1.38. The lowest BCUT2D eigenvalue weighted by Crippen LogP contribution is -2.30. The molecule has 148 valence electrons. The summed E-state index contributed by atoms with van der Waals surface area (Å²) in [6.07, 6.45) is 3.26. The Morgan fingerprint density at radius 1 is 0.862 bits per heavy atom. The molecule has 1 aromatic heterocycles. The molecule has 7 heteroatoms. The van der Waals surface area contributed by atoms with Gasteiger partial charge in [0.2, 0.25) is 5.91 Å². The van der Waals surface area contributed by atoms with E-state index in [1.165, 1.54) is 24.5 Å². The third-order valence-electron chi connectivity index (χ3n) is 4.04. The molecule has 0 saturated carbocycles. The standard InChI is InChI=1S/C22H20FN3O3/c23-18-3-7-20(8-4-18)29-19-5-1-16(2-6-19)15-26-21(27)11-14-25-22(28)17-9-12-24-13-10-17/h1-10,12-13H,11,14-15H2,(H,25,28)(H,26,27). The van der Waals surface area contributed by atoms with Gasteiger partial charge in [0.15, 0.2) is 0 Å². The van der Waals surface area contributed by atoms with Crippen LogP contribution in [0.5, 0.6) is 11.5 Å². The molecule has 2 aromatic carbocycles. The minimum Gasteiger partial charge on any atom is -0.457 e. The van der Waals surface area contributed by atoms with Crippen molar-refractivity contribution in [1.29, 1.82) is 0 Å². The molecule has 2 N–H and O–H groups in total. The van der Waals surface area contributed by atoms with Crippen molar-refractivity contribution in [3.8, 4) is 11.5 Å². The van der Waals surface area contributed by atoms with Crippen molar-refractivity contribution in [2.75, 3.05) is 6.54 Å². The number of rotatable bonds is 8. The molecule has 29 heavy (non-hydrogen) atoms. The molecule has 0 atom stereocenters. The van der Waals surface area contributed by atoms with Crippen LogP contribution in [0.25, 0.3) is 0 Å². The Morgan fingerprint density at radius 3 is 2.14 bits per heavy atom. The van der Waals surface area contributed by atoms with Crippen LogP contribution in [0.1, 0.15) is 22.3 Å². The molecule has 2 amide bonds. The van der Waals surface area contributed by atoms with Crippen LogP contribution < -0.4 is 15.4 Å². The van der Waals surface area contributed by atoms with Gasteiger partial charge in [-0.3, -0.25) is 14.6 Å². The Hall–Kier alpha value is -3.74. The summed E-state index contributed by atoms with van der Waals surface area (Å²) in [7, 11) is 0. The predicted molar refractivity (Wildman–Crippen MR) is 106 cm³/mol. The normalized spacial score (nSPS) is 10.2. The summed E-state index contributed by atoms with van der Waals surface area (Å²) >= 11 is 0. The fourth-order valence-electron chi connectivity index (χ4n) is 2.50. The maximum Gasteiger partial charge on any atom is 0.251 e. The van der Waals surface area contributed by atoms with Gasteiger partial charge < -0.3 is 15.4 Å². The highest BCUT2D eigenvalue weighted by Crippen LogP contribution is 2.21. The summed E-state index contributed by atoms with van der Waals surface area (Å²) in [5.41, 5.74) is 1.41. The molecule has 6 nitrogen and oxygen atoms in total. The summed E-state index contributed by atoms with van der Waals surface area (Å²) in [6.45, 7) is 0.616. The maximum absolute atomic E-state index is 12.9. The molecule has 0 unspecified atom stereocenters. The molecule has 0 aliphatic carbocycles. The first-order chi connectivity index (χ1) is 14.1. The van der Waals surface area contributed by atoms with Gasteiger partial charge in [-0.15, -0.1) is 0 Å². The Kier molecular flexibility index (Phi) is 6.89. The monoisotopic (exact) mass is 393 g/mol. The average molecular weight is 393 g/mol. The second-order valence-electron chi connectivity index (χ2n) is 6.22. The minimum absolute atomic E-state index is 0.160. The molecule has 0 spiro atoms. The number of pyridine rings is 1. The molecule has 0 aliphatic rings. The fourth-order valence-corrected chi connectivity index (χ4v) is 2.50. The molecule has 0 bridgehead atoms. The summed E-state index contributed by atoms with van der Waals surface area (Å²) in [5, 5.41) is 5.50. The first kappa shape index (κ1) is 20.0. The molecule has 0 fully saturated rings. The number of hydrogen-bond donors (Lipinski definition) is 2. The van der Waals surface area contributed by atoms with E-state index in [-0.39, 0.29) is 30.6 Å². The number of nitrogens with zero attached hydrogens (tertiary/aromatic N) is 1. The summed E-state index contributed by atoms with van der Waals surface area (Å²) in [4.78, 5) is 27.7. The third-order valence-corrected chi connectivity index (χ3v) is 4.04. The Bertz CT molecular complexity index is 945. The highest BCUT2D eigenvalue weighted by atomic mass is 19.1. The van der Waals surface area contributed by atoms with Gasteiger partial charge in [0, 0.05) is 37.5 Å². The zero-order valence-electron chi connectivity index (χ0n) is 15.6. The van der Waals surface area contributed by atoms with Crippen LogP contribution in [0.3, 0.4) is 0 Å². The van der Waals surface area contributed by atoms with Gasteiger partial charge in [-0.25, -0.2) is 4.39 Å². The van der Waals surface area contributed by atoms with Crippen molar-refractivity contribution in [3.05, 3.63) is 90.0 Å². The number of amides is 2. The van der Waals surface area contributed by atoms with Gasteiger partial charge >= 0.3 is 0 Å². The first-order valence-electron chi connectivity index (χ1n) is 9.07. The van der Waals surface area contributed by atoms with Crippen molar-refractivity contribution >= 4 is 11.8 Å². The van der Waals surface area contributed by atoms with E-state index in [0.717, 1.165) is 5.56 Å². The maximum atomic E-state index is 12.9. The molecular formula is C22H20FN3O3. The molecule has 0 saturated heterocycles. The van der Waals surface area contributed by atoms with E-state index in [4.69, 9.17) is 4.74 Å². The van der Waals surface area contributed by atoms with Gasteiger partial charge in [-0.2, -0.15) is 0 Å². The Labute approximate surface area is 167 Å². The highest BCUT2D eigenvalue weighted by Gasteiger charge is 2.06. The number of aromatic nitrogens is 1. The van der Waals surface area contributed by atoms with E-state index in [0.29, 0.717) is 23.6 Å². The molecule has 0 radical (unpaired) electrons. The number of carbonyl (C=O) groups is 2. The topological polar surface area (TPSA) is 80.3 Å². The van der Waals surface area contributed by atoms with E-state index < -0.39 is 0 Å². The first-order valence-corrected chi connectivity index (χ1v) is 9.07. The van der Waals surface area contributed by atoms with E-state index >= 15 is 0 Å². The lowest BCUT2D eigenvalue weighted by molar-refractivity contribution is -0.121. The van der Waals surface area contributed by atoms with Crippen LogP contribution in [0, 0.1) is 5.82 Å². The average Bonchev–Trinajstić information content (AvgIpc) is 2.75. The van der Waals surface area contributed by atoms with Crippen LogP contribution in [-0.4, -0.2) is 23.3 Å². The van der Waals surface area contributed by atoms with Crippen LogP contribution in [0.15, 0.2) is 73.1 Å². The van der Waals surface area contributed by atoms with E-state index in [2.05, 4.69) is 15.6 Å². The third kappa shape index (κ3) is 6.42. The van der Waals surface area contributed by atoms with Crippen molar-refractivity contribution in [2.24, 2.45) is 0 Å². The predicted octanol–water partition coefficient (Wildman–Crippen LogP) is 3.45. The minimum atomic E-state index is -0.319. The number of hydrogen-bond acceptors (Lipinski definition) is 4. The number of halogens is 1. The fraction of sp³-hybridized carbons (Fsp3) is 0.136. The smallest absolute Gasteiger partial charge is 0.251 e. The van der Waals surface area contributed by atoms with Gasteiger partial charge in [-0.1, -0.05) is 12.1 Å². The molecule has 3 aromatic rings.